The van der Waals surface area contributed by atoms with Gasteiger partial charge >= 0.3 is 0 Å². The second-order valence-electron chi connectivity index (χ2n) is 6.73. The van der Waals surface area contributed by atoms with Crippen LogP contribution in [0, 0.1) is 23.2 Å². The Morgan fingerprint density at radius 3 is 2.94 bits per heavy atom. The highest BCUT2D eigenvalue weighted by Gasteiger charge is 2.75. The van der Waals surface area contributed by atoms with Gasteiger partial charge in [-0.2, -0.15) is 0 Å². The van der Waals surface area contributed by atoms with Crippen molar-refractivity contribution in [3.05, 3.63) is 24.3 Å². The lowest BCUT2D eigenvalue weighted by atomic mass is 9.65. The highest BCUT2D eigenvalue weighted by atomic mass is 16.6. The van der Waals surface area contributed by atoms with Crippen molar-refractivity contribution in [2.75, 3.05) is 6.61 Å². The Balaban J connectivity index is 1.90. The number of fused-ring (bicyclic) bond motifs is 3. The molecule has 1 heterocycles. The molecule has 0 spiro atoms. The molecule has 18 heavy (non-hydrogen) atoms. The number of epoxide rings is 1. The van der Waals surface area contributed by atoms with Gasteiger partial charge in [-0.05, 0) is 30.3 Å². The fraction of sp³-hybridized carbons (Fsp3) is 0.750. The highest BCUT2D eigenvalue weighted by molar-refractivity contribution is 5.30. The monoisotopic (exact) mass is 248 g/mol. The average Bonchev–Trinajstić information content (AvgIpc) is 3.04. The van der Waals surface area contributed by atoms with Crippen molar-refractivity contribution < 1.29 is 9.84 Å². The zero-order valence-corrected chi connectivity index (χ0v) is 11.6. The Morgan fingerprint density at radius 2 is 2.33 bits per heavy atom. The minimum atomic E-state index is -0.0395. The molecule has 3 rings (SSSR count). The number of hydrogen-bond donors (Lipinski definition) is 1. The van der Waals surface area contributed by atoms with Gasteiger partial charge < -0.3 is 9.84 Å². The zero-order chi connectivity index (χ0) is 13.1. The van der Waals surface area contributed by atoms with E-state index in [1.165, 1.54) is 0 Å². The SMILES string of the molecule is C=C(CO)C(C)[C@]12C[C@@H]3C=CC[C@@H](C)[C@]3(C)[C@H]1O2. The van der Waals surface area contributed by atoms with Gasteiger partial charge in [0.15, 0.2) is 0 Å². The molecule has 2 nitrogen and oxygen atoms in total. The summed E-state index contributed by atoms with van der Waals surface area (Å²) in [7, 11) is 0. The van der Waals surface area contributed by atoms with Gasteiger partial charge in [-0.15, -0.1) is 0 Å². The zero-order valence-electron chi connectivity index (χ0n) is 11.6. The fourth-order valence-corrected chi connectivity index (χ4v) is 4.34. The summed E-state index contributed by atoms with van der Waals surface area (Å²) in [4.78, 5) is 0. The van der Waals surface area contributed by atoms with Gasteiger partial charge in [-0.1, -0.05) is 39.5 Å². The molecule has 0 aromatic rings. The molecule has 1 unspecified atom stereocenters. The molecular weight excluding hydrogens is 224 g/mol. The van der Waals surface area contributed by atoms with Crippen molar-refractivity contribution in [1.29, 1.82) is 0 Å². The average molecular weight is 248 g/mol. The van der Waals surface area contributed by atoms with Crippen molar-refractivity contribution in [1.82, 2.24) is 0 Å². The van der Waals surface area contributed by atoms with Gasteiger partial charge in [0.05, 0.1) is 12.7 Å². The summed E-state index contributed by atoms with van der Waals surface area (Å²) < 4.78 is 6.16. The number of aliphatic hydroxyl groups excluding tert-OH is 1. The first-order chi connectivity index (χ1) is 8.46. The van der Waals surface area contributed by atoms with Crippen LogP contribution in [0.25, 0.3) is 0 Å². The molecular formula is C16H24O2. The number of ether oxygens (including phenoxy) is 1. The summed E-state index contributed by atoms with van der Waals surface area (Å²) in [6.07, 6.45) is 7.34. The van der Waals surface area contributed by atoms with Crippen LogP contribution in [0.15, 0.2) is 24.3 Å². The van der Waals surface area contributed by atoms with Crippen LogP contribution in [-0.4, -0.2) is 23.4 Å². The third-order valence-electron chi connectivity index (χ3n) is 6.09. The standard InChI is InChI=1S/C16H24O2/c1-10(9-17)12(3)16-8-13-7-5-6-11(2)15(13,4)14(16)18-16/h5,7,11-14,17H,1,6,8-9H2,2-4H3/t11-,12?,13+,14-,15+,16-/m1/s1. The predicted octanol–water partition coefficient (Wildman–Crippen LogP) is 2.93. The minimum Gasteiger partial charge on any atom is -0.392 e. The van der Waals surface area contributed by atoms with Crippen molar-refractivity contribution in [2.45, 2.75) is 45.3 Å². The fourth-order valence-electron chi connectivity index (χ4n) is 4.34. The van der Waals surface area contributed by atoms with E-state index in [9.17, 15) is 5.11 Å². The number of aliphatic hydroxyl groups is 1. The lowest BCUT2D eigenvalue weighted by Crippen LogP contribution is -2.36. The van der Waals surface area contributed by atoms with Crippen LogP contribution in [-0.2, 0) is 4.74 Å². The second kappa shape index (κ2) is 3.71. The summed E-state index contributed by atoms with van der Waals surface area (Å²) in [6, 6.07) is 0. The maximum atomic E-state index is 9.30. The van der Waals surface area contributed by atoms with E-state index in [2.05, 4.69) is 39.5 Å². The summed E-state index contributed by atoms with van der Waals surface area (Å²) >= 11 is 0. The number of rotatable bonds is 3. The Morgan fingerprint density at radius 1 is 1.61 bits per heavy atom. The lowest BCUT2D eigenvalue weighted by molar-refractivity contribution is 0.0558. The number of hydrogen-bond acceptors (Lipinski definition) is 2. The summed E-state index contributed by atoms with van der Waals surface area (Å²) in [6.45, 7) is 11.0. The van der Waals surface area contributed by atoms with E-state index in [1.54, 1.807) is 0 Å². The van der Waals surface area contributed by atoms with Gasteiger partial charge in [0.25, 0.3) is 0 Å². The molecule has 0 amide bonds. The van der Waals surface area contributed by atoms with Crippen LogP contribution in [0.5, 0.6) is 0 Å². The Bertz CT molecular complexity index is 413. The van der Waals surface area contributed by atoms with Gasteiger partial charge in [0, 0.05) is 11.3 Å². The van der Waals surface area contributed by atoms with Crippen LogP contribution in [0.4, 0.5) is 0 Å². The molecule has 1 N–H and O–H groups in total. The molecule has 0 aromatic heterocycles. The van der Waals surface area contributed by atoms with Crippen LogP contribution in [0.3, 0.4) is 0 Å². The molecule has 100 valence electrons. The third-order valence-corrected chi connectivity index (χ3v) is 6.09. The molecule has 2 fully saturated rings. The maximum Gasteiger partial charge on any atom is 0.102 e. The maximum absolute atomic E-state index is 9.30. The Kier molecular flexibility index (Phi) is 2.56. The molecule has 1 aliphatic heterocycles. The van der Waals surface area contributed by atoms with Gasteiger partial charge in [0.2, 0.25) is 0 Å². The molecule has 0 bridgehead atoms. The van der Waals surface area contributed by atoms with E-state index in [4.69, 9.17) is 4.74 Å². The first kappa shape index (κ1) is 12.4. The van der Waals surface area contributed by atoms with E-state index in [-0.39, 0.29) is 23.5 Å². The van der Waals surface area contributed by atoms with Crippen LogP contribution in [0.2, 0.25) is 0 Å². The van der Waals surface area contributed by atoms with Gasteiger partial charge in [-0.25, -0.2) is 0 Å². The lowest BCUT2D eigenvalue weighted by Gasteiger charge is -2.39. The van der Waals surface area contributed by atoms with Crippen molar-refractivity contribution in [3.8, 4) is 0 Å². The van der Waals surface area contributed by atoms with Crippen LogP contribution < -0.4 is 0 Å². The minimum absolute atomic E-state index is 0.0395. The summed E-state index contributed by atoms with van der Waals surface area (Å²) in [5, 5.41) is 9.30. The Hall–Kier alpha value is -0.600. The molecule has 3 aliphatic rings. The van der Waals surface area contributed by atoms with Crippen molar-refractivity contribution in [3.63, 3.8) is 0 Å². The first-order valence-corrected chi connectivity index (χ1v) is 7.09. The first-order valence-electron chi connectivity index (χ1n) is 7.09. The highest BCUT2D eigenvalue weighted by Crippen LogP contribution is 2.69. The topological polar surface area (TPSA) is 32.8 Å². The third kappa shape index (κ3) is 1.31. The van der Waals surface area contributed by atoms with Gasteiger partial charge in [-0.3, -0.25) is 0 Å². The molecule has 6 atom stereocenters. The molecule has 2 heteroatoms. The molecule has 0 radical (unpaired) electrons. The van der Waals surface area contributed by atoms with E-state index in [0.29, 0.717) is 17.9 Å². The van der Waals surface area contributed by atoms with Crippen molar-refractivity contribution >= 4 is 0 Å². The molecule has 1 saturated carbocycles. The van der Waals surface area contributed by atoms with E-state index >= 15 is 0 Å². The van der Waals surface area contributed by atoms with E-state index in [0.717, 1.165) is 18.4 Å². The summed E-state index contributed by atoms with van der Waals surface area (Å²) in [5.41, 5.74) is 1.15. The van der Waals surface area contributed by atoms with E-state index < -0.39 is 0 Å². The summed E-state index contributed by atoms with van der Waals surface area (Å²) in [5.74, 6) is 1.57. The smallest absolute Gasteiger partial charge is 0.102 e. The Labute approximate surface area is 110 Å². The predicted molar refractivity (Wildman–Crippen MR) is 72.1 cm³/mol. The normalized spacial score (nSPS) is 50.6. The molecule has 0 aromatic carbocycles. The number of allylic oxidation sites excluding steroid dienone is 2. The van der Waals surface area contributed by atoms with Crippen LogP contribution in [0.1, 0.15) is 33.6 Å². The quantitative estimate of drug-likeness (QED) is 0.615. The second-order valence-corrected chi connectivity index (χ2v) is 6.73. The molecule has 1 saturated heterocycles. The molecule has 2 aliphatic carbocycles. The largest absolute Gasteiger partial charge is 0.392 e. The van der Waals surface area contributed by atoms with Crippen LogP contribution >= 0.6 is 0 Å². The van der Waals surface area contributed by atoms with Crippen molar-refractivity contribution in [2.24, 2.45) is 23.2 Å². The van der Waals surface area contributed by atoms with E-state index in [1.807, 2.05) is 0 Å². The van der Waals surface area contributed by atoms with Gasteiger partial charge in [0.1, 0.15) is 5.60 Å².